The largest absolute Gasteiger partial charge is 0.366 e. The Labute approximate surface area is 148 Å². The van der Waals surface area contributed by atoms with Crippen LogP contribution in [0.1, 0.15) is 21.6 Å². The molecule has 1 aromatic heterocycles. The number of carbonyl (C=O) groups excluding carboxylic acids is 1. The number of pyridine rings is 1. The van der Waals surface area contributed by atoms with Gasteiger partial charge in [0.05, 0.1) is 5.56 Å². The predicted octanol–water partition coefficient (Wildman–Crippen LogP) is 4.05. The first-order chi connectivity index (χ1) is 12.4. The number of aromatic nitrogens is 1. The number of amides is 1. The molecule has 0 aliphatic rings. The van der Waals surface area contributed by atoms with Gasteiger partial charge in [-0.25, -0.2) is 13.2 Å². The summed E-state index contributed by atoms with van der Waals surface area (Å²) in [5.41, 5.74) is 7.46. The van der Waals surface area contributed by atoms with E-state index >= 15 is 0 Å². The summed E-state index contributed by atoms with van der Waals surface area (Å²) in [6.45, 7) is 0. The molecule has 0 bridgehead atoms. The first-order valence-corrected chi connectivity index (χ1v) is 7.92. The summed E-state index contributed by atoms with van der Waals surface area (Å²) < 4.78 is 40.3. The van der Waals surface area contributed by atoms with Crippen LogP contribution >= 0.6 is 0 Å². The van der Waals surface area contributed by atoms with Crippen LogP contribution in [0.2, 0.25) is 0 Å². The van der Waals surface area contributed by atoms with Gasteiger partial charge >= 0.3 is 0 Å². The van der Waals surface area contributed by atoms with Crippen molar-refractivity contribution in [3.05, 3.63) is 89.0 Å². The van der Waals surface area contributed by atoms with Crippen LogP contribution in [0.4, 0.5) is 13.2 Å². The van der Waals surface area contributed by atoms with Gasteiger partial charge in [0.25, 0.3) is 5.91 Å². The monoisotopic (exact) mass is 356 g/mol. The van der Waals surface area contributed by atoms with Gasteiger partial charge < -0.3 is 5.73 Å². The van der Waals surface area contributed by atoms with Gasteiger partial charge in [0.15, 0.2) is 0 Å². The Bertz CT molecular complexity index is 953. The SMILES string of the molecule is NC(=O)c1cc(-c2cccnc2CCc2cc(F)cc(F)c2)ccc1F. The van der Waals surface area contributed by atoms with E-state index in [0.29, 0.717) is 35.2 Å². The average molecular weight is 356 g/mol. The second kappa shape index (κ2) is 7.39. The molecule has 0 aliphatic carbocycles. The molecule has 1 amide bonds. The molecular formula is C20H15F3N2O. The first-order valence-electron chi connectivity index (χ1n) is 7.92. The Morgan fingerprint density at radius 1 is 0.962 bits per heavy atom. The number of carbonyl (C=O) groups is 1. The Morgan fingerprint density at radius 2 is 1.69 bits per heavy atom. The highest BCUT2D eigenvalue weighted by Gasteiger charge is 2.13. The lowest BCUT2D eigenvalue weighted by Crippen LogP contribution is -2.13. The van der Waals surface area contributed by atoms with Gasteiger partial charge in [-0.2, -0.15) is 0 Å². The minimum atomic E-state index is -0.856. The van der Waals surface area contributed by atoms with Crippen molar-refractivity contribution in [3.8, 4) is 11.1 Å². The highest BCUT2D eigenvalue weighted by Crippen LogP contribution is 2.25. The van der Waals surface area contributed by atoms with Gasteiger partial charge in [-0.1, -0.05) is 12.1 Å². The number of nitrogens with two attached hydrogens (primary N) is 1. The van der Waals surface area contributed by atoms with Crippen LogP contribution in [0.5, 0.6) is 0 Å². The third-order valence-corrected chi connectivity index (χ3v) is 4.01. The molecule has 0 spiro atoms. The molecule has 0 saturated carbocycles. The van der Waals surface area contributed by atoms with Crippen molar-refractivity contribution in [2.75, 3.05) is 0 Å². The molecule has 2 aromatic carbocycles. The van der Waals surface area contributed by atoms with Crippen LogP contribution < -0.4 is 5.73 Å². The molecule has 0 radical (unpaired) electrons. The highest BCUT2D eigenvalue weighted by molar-refractivity contribution is 5.94. The van der Waals surface area contributed by atoms with E-state index in [1.165, 1.54) is 30.3 Å². The molecule has 0 saturated heterocycles. The zero-order valence-electron chi connectivity index (χ0n) is 13.7. The van der Waals surface area contributed by atoms with Crippen molar-refractivity contribution < 1.29 is 18.0 Å². The quantitative estimate of drug-likeness (QED) is 0.750. The summed E-state index contributed by atoms with van der Waals surface area (Å²) >= 11 is 0. The summed E-state index contributed by atoms with van der Waals surface area (Å²) in [5, 5.41) is 0. The van der Waals surface area contributed by atoms with Crippen LogP contribution in [0.25, 0.3) is 11.1 Å². The molecule has 3 nitrogen and oxygen atoms in total. The molecule has 1 heterocycles. The number of hydrogen-bond acceptors (Lipinski definition) is 2. The van der Waals surface area contributed by atoms with Gasteiger partial charge in [0.1, 0.15) is 17.5 Å². The zero-order chi connectivity index (χ0) is 18.7. The standard InChI is InChI=1S/C20H15F3N2O/c21-14-8-12(9-15(22)11-14)3-6-19-16(2-1-7-25-19)13-4-5-18(23)17(10-13)20(24)26/h1-2,4-5,7-11H,3,6H2,(H2,24,26). The summed E-state index contributed by atoms with van der Waals surface area (Å²) in [6, 6.07) is 10.9. The van der Waals surface area contributed by atoms with Crippen molar-refractivity contribution in [2.45, 2.75) is 12.8 Å². The second-order valence-electron chi connectivity index (χ2n) is 5.83. The summed E-state index contributed by atoms with van der Waals surface area (Å²) in [5.74, 6) is -2.82. The number of aryl methyl sites for hydroxylation is 2. The average Bonchev–Trinajstić information content (AvgIpc) is 2.60. The molecule has 2 N–H and O–H groups in total. The Kier molecular flexibility index (Phi) is 5.02. The Morgan fingerprint density at radius 3 is 2.38 bits per heavy atom. The number of nitrogens with zero attached hydrogens (tertiary/aromatic N) is 1. The molecule has 132 valence electrons. The third kappa shape index (κ3) is 3.91. The molecular weight excluding hydrogens is 341 g/mol. The van der Waals surface area contributed by atoms with Gasteiger partial charge in [-0.15, -0.1) is 0 Å². The third-order valence-electron chi connectivity index (χ3n) is 4.01. The summed E-state index contributed by atoms with van der Waals surface area (Å²) in [7, 11) is 0. The number of halogens is 3. The van der Waals surface area contributed by atoms with E-state index in [0.717, 1.165) is 6.07 Å². The lowest BCUT2D eigenvalue weighted by molar-refractivity contribution is 0.0996. The van der Waals surface area contributed by atoms with Gasteiger partial charge in [-0.3, -0.25) is 9.78 Å². The minimum Gasteiger partial charge on any atom is -0.366 e. The van der Waals surface area contributed by atoms with E-state index in [1.54, 1.807) is 18.3 Å². The maximum atomic E-state index is 13.7. The molecule has 26 heavy (non-hydrogen) atoms. The Hall–Kier alpha value is -3.15. The number of benzene rings is 2. The van der Waals surface area contributed by atoms with Crippen LogP contribution in [-0.2, 0) is 12.8 Å². The summed E-state index contributed by atoms with van der Waals surface area (Å²) in [6.07, 6.45) is 2.40. The van der Waals surface area contributed by atoms with Gasteiger partial charge in [0.2, 0.25) is 0 Å². The van der Waals surface area contributed by atoms with Crippen molar-refractivity contribution in [3.63, 3.8) is 0 Å². The fraction of sp³-hybridized carbons (Fsp3) is 0.100. The first kappa shape index (κ1) is 17.7. The second-order valence-corrected chi connectivity index (χ2v) is 5.83. The maximum Gasteiger partial charge on any atom is 0.251 e. The highest BCUT2D eigenvalue weighted by atomic mass is 19.1. The molecule has 0 aliphatic heterocycles. The van der Waals surface area contributed by atoms with Crippen LogP contribution in [0, 0.1) is 17.5 Å². The maximum absolute atomic E-state index is 13.7. The van der Waals surface area contributed by atoms with Crippen molar-refractivity contribution in [1.29, 1.82) is 0 Å². The topological polar surface area (TPSA) is 56.0 Å². The number of primary amides is 1. The van der Waals surface area contributed by atoms with E-state index in [4.69, 9.17) is 5.73 Å². The fourth-order valence-electron chi connectivity index (χ4n) is 2.80. The van der Waals surface area contributed by atoms with Gasteiger partial charge in [0, 0.05) is 23.5 Å². The molecule has 3 rings (SSSR count). The molecule has 3 aromatic rings. The fourth-order valence-corrected chi connectivity index (χ4v) is 2.80. The molecule has 0 atom stereocenters. The van der Waals surface area contributed by atoms with Crippen molar-refractivity contribution in [1.82, 2.24) is 4.98 Å². The van der Waals surface area contributed by atoms with Crippen LogP contribution in [-0.4, -0.2) is 10.9 Å². The van der Waals surface area contributed by atoms with Crippen LogP contribution in [0.15, 0.2) is 54.7 Å². The van der Waals surface area contributed by atoms with E-state index in [-0.39, 0.29) is 5.56 Å². The van der Waals surface area contributed by atoms with Crippen molar-refractivity contribution >= 4 is 5.91 Å². The predicted molar refractivity (Wildman–Crippen MR) is 91.9 cm³/mol. The minimum absolute atomic E-state index is 0.204. The van der Waals surface area contributed by atoms with E-state index in [1.807, 2.05) is 0 Å². The lowest BCUT2D eigenvalue weighted by atomic mass is 9.97. The number of hydrogen-bond donors (Lipinski definition) is 1. The van der Waals surface area contributed by atoms with E-state index in [9.17, 15) is 18.0 Å². The van der Waals surface area contributed by atoms with E-state index < -0.39 is 23.4 Å². The molecule has 6 heteroatoms. The lowest BCUT2D eigenvalue weighted by Gasteiger charge is -2.10. The zero-order valence-corrected chi connectivity index (χ0v) is 13.7. The van der Waals surface area contributed by atoms with E-state index in [2.05, 4.69) is 4.98 Å². The van der Waals surface area contributed by atoms with Crippen molar-refractivity contribution in [2.24, 2.45) is 5.73 Å². The Balaban J connectivity index is 1.91. The molecule has 0 fully saturated rings. The molecule has 0 unspecified atom stereocenters. The number of rotatable bonds is 5. The normalized spacial score (nSPS) is 10.7. The van der Waals surface area contributed by atoms with Gasteiger partial charge in [-0.05, 0) is 54.3 Å². The van der Waals surface area contributed by atoms with Crippen LogP contribution in [0.3, 0.4) is 0 Å². The smallest absolute Gasteiger partial charge is 0.251 e. The summed E-state index contributed by atoms with van der Waals surface area (Å²) in [4.78, 5) is 15.7.